The molecule has 1 N–H and O–H groups in total. The average Bonchev–Trinajstić information content (AvgIpc) is 2.53. The van der Waals surface area contributed by atoms with E-state index in [2.05, 4.69) is 39.9 Å². The van der Waals surface area contributed by atoms with E-state index in [-0.39, 0.29) is 5.41 Å². The summed E-state index contributed by atoms with van der Waals surface area (Å²) in [7, 11) is 0. The molecule has 2 rings (SSSR count). The van der Waals surface area contributed by atoms with Gasteiger partial charge in [0.1, 0.15) is 0 Å². The number of carbonyl (C=O) groups excluding carboxylic acids is 1. The fourth-order valence-corrected chi connectivity index (χ4v) is 4.21. The van der Waals surface area contributed by atoms with Crippen molar-refractivity contribution in [3.05, 3.63) is 0 Å². The first-order chi connectivity index (χ1) is 8.73. The smallest absolute Gasteiger partial charge is 0.220 e. The van der Waals surface area contributed by atoms with Crippen molar-refractivity contribution >= 4 is 5.91 Å². The molecule has 2 aliphatic rings. The molecule has 1 saturated heterocycles. The summed E-state index contributed by atoms with van der Waals surface area (Å²) in [6.45, 7) is 11.6. The van der Waals surface area contributed by atoms with Crippen molar-refractivity contribution in [1.29, 1.82) is 0 Å². The molecular weight excluding hydrogens is 234 g/mol. The van der Waals surface area contributed by atoms with Crippen LogP contribution >= 0.6 is 0 Å². The molecule has 0 aromatic rings. The fourth-order valence-electron chi connectivity index (χ4n) is 4.21. The minimum absolute atomic E-state index is 0.281. The first-order valence-electron chi connectivity index (χ1n) is 8.02. The normalized spacial score (nSPS) is 36.0. The van der Waals surface area contributed by atoms with Gasteiger partial charge in [-0.3, -0.25) is 4.79 Å². The Kier molecular flexibility index (Phi) is 3.99. The Morgan fingerprint density at radius 1 is 1.26 bits per heavy atom. The summed E-state index contributed by atoms with van der Waals surface area (Å²) in [5.41, 5.74) is 0.703. The van der Waals surface area contributed by atoms with E-state index in [1.807, 2.05) is 0 Å². The van der Waals surface area contributed by atoms with E-state index in [0.29, 0.717) is 23.3 Å². The van der Waals surface area contributed by atoms with Crippen molar-refractivity contribution < 1.29 is 4.79 Å². The first kappa shape index (κ1) is 14.9. The van der Waals surface area contributed by atoms with Gasteiger partial charge in [0, 0.05) is 12.5 Å². The number of carbonyl (C=O) groups is 1. The molecular formula is C17H31NO. The summed E-state index contributed by atoms with van der Waals surface area (Å²) < 4.78 is 0. The van der Waals surface area contributed by atoms with Crippen LogP contribution in [-0.2, 0) is 4.79 Å². The predicted molar refractivity (Wildman–Crippen MR) is 79.8 cm³/mol. The average molecular weight is 265 g/mol. The zero-order valence-electron chi connectivity index (χ0n) is 13.4. The van der Waals surface area contributed by atoms with Gasteiger partial charge in [-0.1, -0.05) is 34.6 Å². The molecule has 2 heteroatoms. The van der Waals surface area contributed by atoms with Crippen molar-refractivity contribution in [3.63, 3.8) is 0 Å². The van der Waals surface area contributed by atoms with Crippen LogP contribution in [0.4, 0.5) is 0 Å². The molecule has 1 spiro atoms. The number of hydrogen-bond acceptors (Lipinski definition) is 1. The summed E-state index contributed by atoms with van der Waals surface area (Å²) in [4.78, 5) is 11.9. The van der Waals surface area contributed by atoms with Gasteiger partial charge in [0.2, 0.25) is 5.91 Å². The van der Waals surface area contributed by atoms with Gasteiger partial charge < -0.3 is 5.32 Å². The summed E-state index contributed by atoms with van der Waals surface area (Å²) in [6.07, 6.45) is 7.00. The lowest BCUT2D eigenvalue weighted by Crippen LogP contribution is -2.42. The van der Waals surface area contributed by atoms with E-state index in [0.717, 1.165) is 18.8 Å². The Hall–Kier alpha value is -0.530. The molecule has 1 atom stereocenters. The van der Waals surface area contributed by atoms with E-state index in [4.69, 9.17) is 0 Å². The maximum Gasteiger partial charge on any atom is 0.220 e. The molecule has 2 nitrogen and oxygen atoms in total. The second-order valence-corrected chi connectivity index (χ2v) is 8.43. The van der Waals surface area contributed by atoms with E-state index in [1.165, 1.54) is 25.7 Å². The van der Waals surface area contributed by atoms with Crippen molar-refractivity contribution in [3.8, 4) is 0 Å². The molecule has 0 aromatic heterocycles. The molecule has 19 heavy (non-hydrogen) atoms. The van der Waals surface area contributed by atoms with Gasteiger partial charge in [-0.2, -0.15) is 0 Å². The number of amides is 1. The van der Waals surface area contributed by atoms with Gasteiger partial charge in [0.15, 0.2) is 0 Å². The third kappa shape index (κ3) is 3.14. The zero-order chi connectivity index (χ0) is 14.3. The van der Waals surface area contributed by atoms with Crippen molar-refractivity contribution in [2.24, 2.45) is 22.7 Å². The van der Waals surface area contributed by atoms with Crippen molar-refractivity contribution in [2.45, 2.75) is 79.2 Å². The third-order valence-electron chi connectivity index (χ3n) is 5.50. The van der Waals surface area contributed by atoms with Crippen LogP contribution in [0.25, 0.3) is 0 Å². The van der Waals surface area contributed by atoms with Gasteiger partial charge in [-0.25, -0.2) is 0 Å². The van der Waals surface area contributed by atoms with Gasteiger partial charge in [0.25, 0.3) is 0 Å². The molecule has 0 aromatic carbocycles. The SMILES string of the molecule is CC(C)CC1NC(=O)CC12CCC(C(C)(C)C)CC2. The second-order valence-electron chi connectivity index (χ2n) is 8.43. The topological polar surface area (TPSA) is 29.1 Å². The van der Waals surface area contributed by atoms with Crippen molar-refractivity contribution in [1.82, 2.24) is 5.32 Å². The highest BCUT2D eigenvalue weighted by atomic mass is 16.2. The van der Waals surface area contributed by atoms with Gasteiger partial charge >= 0.3 is 0 Å². The lowest BCUT2D eigenvalue weighted by atomic mass is 9.61. The summed E-state index contributed by atoms with van der Waals surface area (Å²) in [6, 6.07) is 0.431. The Balaban J connectivity index is 2.05. The van der Waals surface area contributed by atoms with Crippen LogP contribution in [0.5, 0.6) is 0 Å². The van der Waals surface area contributed by atoms with E-state index in [9.17, 15) is 4.79 Å². The second kappa shape index (κ2) is 5.10. The Morgan fingerprint density at radius 2 is 1.84 bits per heavy atom. The number of rotatable bonds is 2. The molecule has 110 valence electrons. The van der Waals surface area contributed by atoms with E-state index in [1.54, 1.807) is 0 Å². The van der Waals surface area contributed by atoms with Crippen LogP contribution in [0.1, 0.15) is 73.1 Å². The van der Waals surface area contributed by atoms with Crippen LogP contribution in [0.15, 0.2) is 0 Å². The third-order valence-corrected chi connectivity index (χ3v) is 5.50. The fraction of sp³-hybridized carbons (Fsp3) is 0.941. The monoisotopic (exact) mass is 265 g/mol. The number of nitrogens with one attached hydrogen (secondary N) is 1. The van der Waals surface area contributed by atoms with E-state index < -0.39 is 0 Å². The molecule has 1 amide bonds. The molecule has 1 aliphatic carbocycles. The highest BCUT2D eigenvalue weighted by molar-refractivity contribution is 5.80. The molecule has 1 saturated carbocycles. The van der Waals surface area contributed by atoms with Gasteiger partial charge in [-0.15, -0.1) is 0 Å². The Bertz CT molecular complexity index is 332. The number of hydrogen-bond donors (Lipinski definition) is 1. The Morgan fingerprint density at radius 3 is 2.32 bits per heavy atom. The first-order valence-corrected chi connectivity index (χ1v) is 8.02. The molecule has 0 bridgehead atoms. The quantitative estimate of drug-likeness (QED) is 0.798. The summed E-state index contributed by atoms with van der Waals surface area (Å²) in [5.74, 6) is 1.79. The van der Waals surface area contributed by atoms with Gasteiger partial charge in [-0.05, 0) is 54.8 Å². The minimum Gasteiger partial charge on any atom is -0.353 e. The van der Waals surface area contributed by atoms with Crippen LogP contribution in [-0.4, -0.2) is 11.9 Å². The maximum absolute atomic E-state index is 11.9. The summed E-state index contributed by atoms with van der Waals surface area (Å²) >= 11 is 0. The van der Waals surface area contributed by atoms with Gasteiger partial charge in [0.05, 0.1) is 0 Å². The highest BCUT2D eigenvalue weighted by Gasteiger charge is 2.49. The van der Waals surface area contributed by atoms with Crippen LogP contribution < -0.4 is 5.32 Å². The largest absolute Gasteiger partial charge is 0.353 e. The van der Waals surface area contributed by atoms with Crippen molar-refractivity contribution in [2.75, 3.05) is 0 Å². The lowest BCUT2D eigenvalue weighted by molar-refractivity contribution is -0.120. The van der Waals surface area contributed by atoms with Crippen LogP contribution in [0.2, 0.25) is 0 Å². The standard InChI is InChI=1S/C17H31NO/c1-12(2)10-14-17(11-15(19)18-14)8-6-13(7-9-17)16(3,4)5/h12-14H,6-11H2,1-5H3,(H,18,19). The Labute approximate surface area is 118 Å². The molecule has 2 fully saturated rings. The molecule has 1 heterocycles. The summed E-state index contributed by atoms with van der Waals surface area (Å²) in [5, 5.41) is 3.26. The van der Waals surface area contributed by atoms with E-state index >= 15 is 0 Å². The van der Waals surface area contributed by atoms with Crippen LogP contribution in [0.3, 0.4) is 0 Å². The molecule has 1 aliphatic heterocycles. The van der Waals surface area contributed by atoms with Crippen LogP contribution in [0, 0.1) is 22.7 Å². The predicted octanol–water partition coefficient (Wildman–Crippen LogP) is 4.14. The molecule has 0 radical (unpaired) electrons. The lowest BCUT2D eigenvalue weighted by Gasteiger charge is -2.44. The minimum atomic E-state index is 0.281. The maximum atomic E-state index is 11.9. The molecule has 1 unspecified atom stereocenters. The highest BCUT2D eigenvalue weighted by Crippen LogP contribution is 2.51. The zero-order valence-corrected chi connectivity index (χ0v) is 13.4.